The Hall–Kier alpha value is -1.34. The highest BCUT2D eigenvalue weighted by Gasteiger charge is 2.37. The molecule has 0 saturated carbocycles. The molecule has 3 aliphatic heterocycles. The highest BCUT2D eigenvalue weighted by atomic mass is 32.1. The number of carbonyl (C=O) groups is 1. The van der Waals surface area contributed by atoms with E-state index >= 15 is 0 Å². The van der Waals surface area contributed by atoms with Gasteiger partial charge in [-0.05, 0) is 25.8 Å². The summed E-state index contributed by atoms with van der Waals surface area (Å²) < 4.78 is 0. The summed E-state index contributed by atoms with van der Waals surface area (Å²) in [5, 5.41) is 6.38. The summed E-state index contributed by atoms with van der Waals surface area (Å²) in [6.45, 7) is 5.68. The van der Waals surface area contributed by atoms with Crippen molar-refractivity contribution in [1.82, 2.24) is 20.1 Å². The first-order chi connectivity index (χ1) is 11.3. The minimum Gasteiger partial charge on any atom is -0.345 e. The van der Waals surface area contributed by atoms with E-state index in [0.29, 0.717) is 12.1 Å². The van der Waals surface area contributed by atoms with E-state index in [-0.39, 0.29) is 6.03 Å². The highest BCUT2D eigenvalue weighted by molar-refractivity contribution is 7.13. The van der Waals surface area contributed by atoms with Gasteiger partial charge in [0.1, 0.15) is 0 Å². The minimum absolute atomic E-state index is 0.126. The lowest BCUT2D eigenvalue weighted by Crippen LogP contribution is -2.55. The van der Waals surface area contributed by atoms with Crippen LogP contribution in [0.5, 0.6) is 0 Å². The third-order valence-electron chi connectivity index (χ3n) is 5.42. The number of anilines is 1. The molecule has 23 heavy (non-hydrogen) atoms. The molecule has 1 aromatic rings. The van der Waals surface area contributed by atoms with E-state index in [4.69, 9.17) is 0 Å². The lowest BCUT2D eigenvalue weighted by molar-refractivity contribution is 0.166. The lowest BCUT2D eigenvalue weighted by atomic mass is 9.99. The van der Waals surface area contributed by atoms with Gasteiger partial charge < -0.3 is 15.1 Å². The number of piperazine rings is 1. The molecule has 0 spiro atoms. The molecule has 0 bridgehead atoms. The van der Waals surface area contributed by atoms with E-state index < -0.39 is 0 Å². The molecule has 4 heterocycles. The van der Waals surface area contributed by atoms with Crippen LogP contribution < -0.4 is 10.2 Å². The van der Waals surface area contributed by atoms with Crippen molar-refractivity contribution in [2.24, 2.45) is 0 Å². The van der Waals surface area contributed by atoms with Crippen molar-refractivity contribution in [3.8, 4) is 0 Å². The first kappa shape index (κ1) is 15.2. The molecule has 2 amide bonds. The summed E-state index contributed by atoms with van der Waals surface area (Å²) in [6, 6.07) is 1.05. The van der Waals surface area contributed by atoms with Crippen molar-refractivity contribution < 1.29 is 4.79 Å². The predicted octanol–water partition coefficient (Wildman–Crippen LogP) is 1.60. The van der Waals surface area contributed by atoms with E-state index in [0.717, 1.165) is 44.3 Å². The molecular formula is C16H25N5OS. The van der Waals surface area contributed by atoms with Crippen LogP contribution >= 0.6 is 11.3 Å². The van der Waals surface area contributed by atoms with Crippen LogP contribution in [-0.2, 0) is 0 Å². The number of aromatic nitrogens is 1. The van der Waals surface area contributed by atoms with Gasteiger partial charge in [-0.3, -0.25) is 4.90 Å². The molecule has 3 fully saturated rings. The number of nitrogens with zero attached hydrogens (tertiary/aromatic N) is 4. The summed E-state index contributed by atoms with van der Waals surface area (Å²) in [5.74, 6) is 0. The molecule has 1 N–H and O–H groups in total. The second kappa shape index (κ2) is 6.65. The highest BCUT2D eigenvalue weighted by Crippen LogP contribution is 2.27. The standard InChI is InChI=1S/C16H25N5OS/c22-15(18-13-4-7-19-6-2-1-3-14(13)19)20-8-10-21(11-9-20)16-17-5-12-23-16/h5,12-14H,1-4,6-11H2,(H,18,22)/t13-,14-/m0/s1. The molecule has 0 radical (unpaired) electrons. The number of urea groups is 1. The maximum atomic E-state index is 12.6. The van der Waals surface area contributed by atoms with Gasteiger partial charge in [-0.1, -0.05) is 6.42 Å². The Morgan fingerprint density at radius 2 is 2.00 bits per heavy atom. The molecule has 0 unspecified atom stereocenters. The predicted molar refractivity (Wildman–Crippen MR) is 92.0 cm³/mol. The normalized spacial score (nSPS) is 28.7. The number of thiazole rings is 1. The zero-order valence-electron chi connectivity index (χ0n) is 13.5. The van der Waals surface area contributed by atoms with Crippen molar-refractivity contribution in [2.45, 2.75) is 37.8 Å². The Labute approximate surface area is 141 Å². The average molecular weight is 335 g/mol. The van der Waals surface area contributed by atoms with Gasteiger partial charge in [0.05, 0.1) is 0 Å². The smallest absolute Gasteiger partial charge is 0.317 e. The molecule has 2 atom stereocenters. The van der Waals surface area contributed by atoms with Crippen molar-refractivity contribution in [1.29, 1.82) is 0 Å². The summed E-state index contributed by atoms with van der Waals surface area (Å²) in [5.41, 5.74) is 0. The molecule has 126 valence electrons. The first-order valence-electron chi connectivity index (χ1n) is 8.75. The van der Waals surface area contributed by atoms with Crippen LogP contribution in [0.3, 0.4) is 0 Å². The lowest BCUT2D eigenvalue weighted by Gasteiger charge is -2.36. The Morgan fingerprint density at radius 3 is 2.78 bits per heavy atom. The number of carbonyl (C=O) groups excluding carboxylic acids is 1. The van der Waals surface area contributed by atoms with E-state index in [1.54, 1.807) is 11.3 Å². The molecule has 3 saturated heterocycles. The SMILES string of the molecule is O=C(N[C@H]1CCN2CCCC[C@@H]12)N1CCN(c2nccs2)CC1. The molecule has 4 rings (SSSR count). The second-order valence-electron chi connectivity index (χ2n) is 6.73. The van der Waals surface area contributed by atoms with Crippen LogP contribution in [0.25, 0.3) is 0 Å². The average Bonchev–Trinajstić information content (AvgIpc) is 3.25. The van der Waals surface area contributed by atoms with Crippen LogP contribution in [0.4, 0.5) is 9.93 Å². The monoisotopic (exact) mass is 335 g/mol. The molecule has 6 nitrogen and oxygen atoms in total. The van der Waals surface area contributed by atoms with Crippen LogP contribution in [-0.4, -0.2) is 72.2 Å². The summed E-state index contributed by atoms with van der Waals surface area (Å²) in [7, 11) is 0. The largest absolute Gasteiger partial charge is 0.345 e. The van der Waals surface area contributed by atoms with Gasteiger partial charge in [-0.25, -0.2) is 9.78 Å². The second-order valence-corrected chi connectivity index (χ2v) is 7.61. The summed E-state index contributed by atoms with van der Waals surface area (Å²) >= 11 is 1.67. The zero-order chi connectivity index (χ0) is 15.6. The number of amides is 2. The fraction of sp³-hybridized carbons (Fsp3) is 0.750. The summed E-state index contributed by atoms with van der Waals surface area (Å²) in [6.07, 6.45) is 6.81. The third kappa shape index (κ3) is 3.17. The maximum Gasteiger partial charge on any atom is 0.317 e. The van der Waals surface area contributed by atoms with Crippen molar-refractivity contribution in [2.75, 3.05) is 44.2 Å². The summed E-state index contributed by atoms with van der Waals surface area (Å²) in [4.78, 5) is 23.7. The number of hydrogen-bond acceptors (Lipinski definition) is 5. The van der Waals surface area contributed by atoms with Gasteiger partial charge >= 0.3 is 6.03 Å². The maximum absolute atomic E-state index is 12.6. The molecule has 1 aromatic heterocycles. The molecule has 0 aliphatic carbocycles. The van der Waals surface area contributed by atoms with Crippen LogP contribution in [0, 0.1) is 0 Å². The zero-order valence-corrected chi connectivity index (χ0v) is 14.3. The van der Waals surface area contributed by atoms with Gasteiger partial charge in [-0.2, -0.15) is 0 Å². The molecule has 0 aromatic carbocycles. The Kier molecular flexibility index (Phi) is 4.39. The Morgan fingerprint density at radius 1 is 1.13 bits per heavy atom. The number of hydrogen-bond donors (Lipinski definition) is 1. The Balaban J connectivity index is 1.29. The molecular weight excluding hydrogens is 310 g/mol. The minimum atomic E-state index is 0.126. The number of fused-ring (bicyclic) bond motifs is 1. The van der Waals surface area contributed by atoms with Gasteiger partial charge in [0.15, 0.2) is 5.13 Å². The van der Waals surface area contributed by atoms with Crippen molar-refractivity contribution >= 4 is 22.5 Å². The van der Waals surface area contributed by atoms with Crippen molar-refractivity contribution in [3.05, 3.63) is 11.6 Å². The Bertz CT molecular complexity index is 529. The first-order valence-corrected chi connectivity index (χ1v) is 9.63. The van der Waals surface area contributed by atoms with Crippen LogP contribution in [0.2, 0.25) is 0 Å². The number of rotatable bonds is 2. The number of piperidine rings is 1. The topological polar surface area (TPSA) is 51.7 Å². The van der Waals surface area contributed by atoms with Crippen LogP contribution in [0.15, 0.2) is 11.6 Å². The van der Waals surface area contributed by atoms with Gasteiger partial charge in [0.2, 0.25) is 0 Å². The molecule has 3 aliphatic rings. The number of nitrogens with one attached hydrogen (secondary N) is 1. The van der Waals surface area contributed by atoms with E-state index in [1.807, 2.05) is 16.5 Å². The van der Waals surface area contributed by atoms with Crippen molar-refractivity contribution in [3.63, 3.8) is 0 Å². The van der Waals surface area contributed by atoms with Crippen LogP contribution in [0.1, 0.15) is 25.7 Å². The van der Waals surface area contributed by atoms with E-state index in [1.165, 1.54) is 25.8 Å². The van der Waals surface area contributed by atoms with E-state index in [9.17, 15) is 4.79 Å². The quantitative estimate of drug-likeness (QED) is 0.892. The molecule has 7 heteroatoms. The van der Waals surface area contributed by atoms with Gasteiger partial charge in [0.25, 0.3) is 0 Å². The van der Waals surface area contributed by atoms with Gasteiger partial charge in [-0.15, -0.1) is 11.3 Å². The van der Waals surface area contributed by atoms with E-state index in [2.05, 4.69) is 20.1 Å². The third-order valence-corrected chi connectivity index (χ3v) is 6.25. The fourth-order valence-electron chi connectivity index (χ4n) is 4.14. The van der Waals surface area contributed by atoms with Gasteiger partial charge in [0, 0.05) is 56.4 Å². The fourth-order valence-corrected chi connectivity index (χ4v) is 4.84.